The number of anilines is 1. The number of benzene rings is 2. The summed E-state index contributed by atoms with van der Waals surface area (Å²) < 4.78 is 5.73. The van der Waals surface area contributed by atoms with Crippen molar-refractivity contribution in [2.75, 3.05) is 5.32 Å². The Balaban J connectivity index is 0.00000288. The summed E-state index contributed by atoms with van der Waals surface area (Å²) in [6, 6.07) is 16.7. The van der Waals surface area contributed by atoms with Crippen molar-refractivity contribution in [2.45, 2.75) is 32.9 Å². The van der Waals surface area contributed by atoms with Crippen LogP contribution in [0, 0.1) is 5.92 Å². The maximum atomic E-state index is 12.5. The number of para-hydroxylation sites is 2. The van der Waals surface area contributed by atoms with Crippen LogP contribution in [-0.2, 0) is 4.79 Å². The van der Waals surface area contributed by atoms with Crippen LogP contribution in [-0.4, -0.2) is 12.0 Å². The zero-order valence-corrected chi connectivity index (χ0v) is 15.0. The Morgan fingerprint density at radius 1 is 1.00 bits per heavy atom. The molecule has 2 rings (SSSR count). The van der Waals surface area contributed by atoms with Crippen molar-refractivity contribution in [1.82, 2.24) is 0 Å². The smallest absolute Gasteiger partial charge is 0.229 e. The minimum absolute atomic E-state index is 0. The van der Waals surface area contributed by atoms with Crippen molar-refractivity contribution in [3.05, 3.63) is 60.2 Å². The summed E-state index contributed by atoms with van der Waals surface area (Å²) in [5, 5.41) is 2.92. The Morgan fingerprint density at radius 2 is 1.58 bits per heavy atom. The second-order valence-electron chi connectivity index (χ2n) is 5.88. The topological polar surface area (TPSA) is 64.3 Å². The Morgan fingerprint density at radius 3 is 2.21 bits per heavy atom. The summed E-state index contributed by atoms with van der Waals surface area (Å²) in [6.45, 7) is 5.73. The Kier molecular flexibility index (Phi) is 7.75. The highest BCUT2D eigenvalue weighted by Crippen LogP contribution is 2.27. The summed E-state index contributed by atoms with van der Waals surface area (Å²) in [5.41, 5.74) is 7.83. The van der Waals surface area contributed by atoms with E-state index in [4.69, 9.17) is 10.5 Å². The molecular weight excluding hydrogens is 324 g/mol. The average molecular weight is 349 g/mol. The number of rotatable bonds is 6. The van der Waals surface area contributed by atoms with Crippen LogP contribution in [0.25, 0.3) is 0 Å². The van der Waals surface area contributed by atoms with E-state index < -0.39 is 0 Å². The standard InChI is InChI=1S/C19H24N2O2.ClH/c1-13(2)23-17-12-8-7-11-16(17)21-19(22)14(3)18(20)15-9-5-4-6-10-15;/h4-14,18H,20H2,1-3H3,(H,21,22);1H. The van der Waals surface area contributed by atoms with Crippen LogP contribution in [0.4, 0.5) is 5.69 Å². The Hall–Kier alpha value is -2.04. The van der Waals surface area contributed by atoms with Gasteiger partial charge in [-0.3, -0.25) is 4.79 Å². The van der Waals surface area contributed by atoms with Gasteiger partial charge in [0.2, 0.25) is 5.91 Å². The van der Waals surface area contributed by atoms with Crippen molar-refractivity contribution in [1.29, 1.82) is 0 Å². The van der Waals surface area contributed by atoms with E-state index >= 15 is 0 Å². The minimum Gasteiger partial charge on any atom is -0.489 e. The molecule has 5 heteroatoms. The fraction of sp³-hybridized carbons (Fsp3) is 0.316. The van der Waals surface area contributed by atoms with E-state index in [9.17, 15) is 4.79 Å². The van der Waals surface area contributed by atoms with E-state index in [1.165, 1.54) is 0 Å². The Labute approximate surface area is 149 Å². The molecule has 3 N–H and O–H groups in total. The number of nitrogens with one attached hydrogen (secondary N) is 1. The first kappa shape index (κ1) is 20.0. The van der Waals surface area contributed by atoms with Crippen LogP contribution in [0.5, 0.6) is 5.75 Å². The average Bonchev–Trinajstić information content (AvgIpc) is 2.55. The molecule has 1 amide bonds. The highest BCUT2D eigenvalue weighted by molar-refractivity contribution is 5.94. The van der Waals surface area contributed by atoms with Gasteiger partial charge in [-0.15, -0.1) is 12.4 Å². The first-order valence-electron chi connectivity index (χ1n) is 7.86. The molecule has 0 fully saturated rings. The molecule has 4 nitrogen and oxygen atoms in total. The van der Waals surface area contributed by atoms with Crippen LogP contribution >= 0.6 is 12.4 Å². The van der Waals surface area contributed by atoms with E-state index in [-0.39, 0.29) is 36.4 Å². The lowest BCUT2D eigenvalue weighted by Gasteiger charge is -2.21. The molecular formula is C19H25ClN2O2. The molecule has 0 saturated carbocycles. The van der Waals surface area contributed by atoms with Crippen LogP contribution < -0.4 is 15.8 Å². The second-order valence-corrected chi connectivity index (χ2v) is 5.88. The molecule has 2 aromatic carbocycles. The molecule has 2 unspecified atom stereocenters. The van der Waals surface area contributed by atoms with E-state index in [1.807, 2.05) is 75.4 Å². The van der Waals surface area contributed by atoms with Crippen molar-refractivity contribution < 1.29 is 9.53 Å². The van der Waals surface area contributed by atoms with Gasteiger partial charge in [0.05, 0.1) is 17.7 Å². The molecule has 0 aliphatic heterocycles. The molecule has 0 spiro atoms. The van der Waals surface area contributed by atoms with E-state index in [0.717, 1.165) is 5.56 Å². The van der Waals surface area contributed by atoms with E-state index in [0.29, 0.717) is 11.4 Å². The van der Waals surface area contributed by atoms with Gasteiger partial charge in [0.25, 0.3) is 0 Å². The Bertz CT molecular complexity index is 647. The third-order valence-electron chi connectivity index (χ3n) is 3.64. The third-order valence-corrected chi connectivity index (χ3v) is 3.64. The number of halogens is 1. The van der Waals surface area contributed by atoms with E-state index in [1.54, 1.807) is 0 Å². The molecule has 0 aromatic heterocycles. The lowest BCUT2D eigenvalue weighted by molar-refractivity contribution is -0.120. The molecule has 2 aromatic rings. The number of amides is 1. The molecule has 0 saturated heterocycles. The molecule has 0 heterocycles. The third kappa shape index (κ3) is 5.25. The number of hydrogen-bond acceptors (Lipinski definition) is 3. The monoisotopic (exact) mass is 348 g/mol. The molecule has 0 aliphatic rings. The van der Waals surface area contributed by atoms with Crippen molar-refractivity contribution in [3.8, 4) is 5.75 Å². The van der Waals surface area contributed by atoms with Gasteiger partial charge in [0.1, 0.15) is 5.75 Å². The van der Waals surface area contributed by atoms with Gasteiger partial charge in [-0.05, 0) is 31.5 Å². The normalized spacial score (nSPS) is 12.9. The number of carbonyl (C=O) groups is 1. The fourth-order valence-corrected chi connectivity index (χ4v) is 2.30. The molecule has 24 heavy (non-hydrogen) atoms. The maximum Gasteiger partial charge on any atom is 0.229 e. The predicted octanol–water partition coefficient (Wildman–Crippen LogP) is 4.17. The zero-order valence-electron chi connectivity index (χ0n) is 14.2. The van der Waals surface area contributed by atoms with E-state index in [2.05, 4.69) is 5.32 Å². The van der Waals surface area contributed by atoms with Gasteiger partial charge in [-0.2, -0.15) is 0 Å². The summed E-state index contributed by atoms with van der Waals surface area (Å²) in [4.78, 5) is 12.5. The van der Waals surface area contributed by atoms with Crippen LogP contribution in [0.1, 0.15) is 32.4 Å². The molecule has 0 radical (unpaired) electrons. The van der Waals surface area contributed by atoms with Crippen molar-refractivity contribution >= 4 is 24.0 Å². The van der Waals surface area contributed by atoms with Gasteiger partial charge in [0.15, 0.2) is 0 Å². The number of ether oxygens (including phenoxy) is 1. The van der Waals surface area contributed by atoms with Gasteiger partial charge < -0.3 is 15.8 Å². The molecule has 2 atom stereocenters. The number of carbonyl (C=O) groups excluding carboxylic acids is 1. The number of nitrogens with two attached hydrogens (primary N) is 1. The SMILES string of the molecule is CC(C)Oc1ccccc1NC(=O)C(C)C(N)c1ccccc1.Cl. The van der Waals surface area contributed by atoms with Crippen LogP contribution in [0.15, 0.2) is 54.6 Å². The van der Waals surface area contributed by atoms with Gasteiger partial charge in [-0.1, -0.05) is 49.4 Å². The lowest BCUT2D eigenvalue weighted by Crippen LogP contribution is -2.30. The van der Waals surface area contributed by atoms with Gasteiger partial charge in [-0.25, -0.2) is 0 Å². The predicted molar refractivity (Wildman–Crippen MR) is 101 cm³/mol. The minimum atomic E-state index is -0.357. The van der Waals surface area contributed by atoms with Gasteiger partial charge >= 0.3 is 0 Å². The zero-order chi connectivity index (χ0) is 16.8. The van der Waals surface area contributed by atoms with Gasteiger partial charge in [0, 0.05) is 6.04 Å². The summed E-state index contributed by atoms with van der Waals surface area (Å²) in [7, 11) is 0. The molecule has 130 valence electrons. The summed E-state index contributed by atoms with van der Waals surface area (Å²) in [5.74, 6) is 0.182. The van der Waals surface area contributed by atoms with Crippen molar-refractivity contribution in [3.63, 3.8) is 0 Å². The quantitative estimate of drug-likeness (QED) is 0.823. The maximum absolute atomic E-state index is 12.5. The van der Waals surface area contributed by atoms with Crippen molar-refractivity contribution in [2.24, 2.45) is 11.7 Å². The fourth-order valence-electron chi connectivity index (χ4n) is 2.30. The first-order chi connectivity index (χ1) is 11.0. The second kappa shape index (κ2) is 9.30. The highest BCUT2D eigenvalue weighted by Gasteiger charge is 2.23. The summed E-state index contributed by atoms with van der Waals surface area (Å²) in [6.07, 6.45) is 0.0389. The largest absolute Gasteiger partial charge is 0.489 e. The first-order valence-corrected chi connectivity index (χ1v) is 7.86. The molecule has 0 aliphatic carbocycles. The summed E-state index contributed by atoms with van der Waals surface area (Å²) >= 11 is 0. The highest BCUT2D eigenvalue weighted by atomic mass is 35.5. The number of hydrogen-bond donors (Lipinski definition) is 2. The lowest BCUT2D eigenvalue weighted by atomic mass is 9.94. The van der Waals surface area contributed by atoms with Crippen LogP contribution in [0.3, 0.4) is 0 Å². The van der Waals surface area contributed by atoms with Crippen LogP contribution in [0.2, 0.25) is 0 Å². The molecule has 0 bridgehead atoms.